The number of amides is 1. The Kier molecular flexibility index (Phi) is 6.18. The van der Waals surface area contributed by atoms with E-state index in [2.05, 4.69) is 15.6 Å². The van der Waals surface area contributed by atoms with E-state index in [4.69, 9.17) is 16.3 Å². The van der Waals surface area contributed by atoms with Crippen LogP contribution in [0.3, 0.4) is 0 Å². The van der Waals surface area contributed by atoms with E-state index in [1.807, 2.05) is 12.1 Å². The van der Waals surface area contributed by atoms with Gasteiger partial charge in [0.05, 0.1) is 17.4 Å². The summed E-state index contributed by atoms with van der Waals surface area (Å²) >= 11 is 5.85. The molecule has 1 aromatic carbocycles. The molecule has 1 aromatic heterocycles. The predicted octanol–water partition coefficient (Wildman–Crippen LogP) is 3.24. The van der Waals surface area contributed by atoms with Gasteiger partial charge in [0.1, 0.15) is 0 Å². The zero-order valence-electron chi connectivity index (χ0n) is 12.3. The molecule has 0 saturated carbocycles. The standard InChI is InChI=1S/C16H18ClN3O2/c1-22-8-2-7-19-16(21)12-9-15(11-18-10-12)20-14-5-3-13(17)4-6-14/h3-6,9-11,20H,2,7-8H2,1H3,(H,19,21). The molecule has 5 nitrogen and oxygen atoms in total. The lowest BCUT2D eigenvalue weighted by Gasteiger charge is -2.08. The van der Waals surface area contributed by atoms with Crippen LogP contribution in [-0.2, 0) is 4.74 Å². The number of nitrogens with zero attached hydrogens (tertiary/aromatic N) is 1. The van der Waals surface area contributed by atoms with Crippen LogP contribution in [0.1, 0.15) is 16.8 Å². The van der Waals surface area contributed by atoms with Crippen LogP contribution in [0.4, 0.5) is 11.4 Å². The lowest BCUT2D eigenvalue weighted by molar-refractivity contribution is 0.0948. The van der Waals surface area contributed by atoms with Gasteiger partial charge in [-0.3, -0.25) is 9.78 Å². The Bertz CT molecular complexity index is 617. The third-order valence-corrected chi connectivity index (χ3v) is 3.20. The summed E-state index contributed by atoms with van der Waals surface area (Å²) in [5.74, 6) is -0.150. The molecule has 1 amide bonds. The van der Waals surface area contributed by atoms with Crippen molar-refractivity contribution in [2.75, 3.05) is 25.6 Å². The van der Waals surface area contributed by atoms with E-state index in [9.17, 15) is 4.79 Å². The fourth-order valence-corrected chi connectivity index (χ4v) is 1.98. The maximum absolute atomic E-state index is 12.0. The zero-order chi connectivity index (χ0) is 15.8. The topological polar surface area (TPSA) is 63.2 Å². The van der Waals surface area contributed by atoms with Gasteiger partial charge in [-0.1, -0.05) is 11.6 Å². The Hall–Kier alpha value is -2.11. The molecule has 0 fully saturated rings. The lowest BCUT2D eigenvalue weighted by atomic mass is 10.2. The minimum absolute atomic E-state index is 0.150. The molecule has 0 bridgehead atoms. The van der Waals surface area contributed by atoms with Gasteiger partial charge in [0.2, 0.25) is 0 Å². The highest BCUT2D eigenvalue weighted by Crippen LogP contribution is 2.19. The second-order valence-electron chi connectivity index (χ2n) is 4.70. The Balaban J connectivity index is 1.97. The molecule has 2 N–H and O–H groups in total. The summed E-state index contributed by atoms with van der Waals surface area (Å²) in [7, 11) is 1.64. The van der Waals surface area contributed by atoms with Crippen molar-refractivity contribution in [3.8, 4) is 0 Å². The average molecular weight is 320 g/mol. The molecule has 0 saturated heterocycles. The average Bonchev–Trinajstić information content (AvgIpc) is 2.54. The van der Waals surface area contributed by atoms with Crippen LogP contribution in [0.5, 0.6) is 0 Å². The molecule has 22 heavy (non-hydrogen) atoms. The quantitative estimate of drug-likeness (QED) is 0.769. The number of pyridine rings is 1. The molecule has 0 unspecified atom stereocenters. The lowest BCUT2D eigenvalue weighted by Crippen LogP contribution is -2.25. The van der Waals surface area contributed by atoms with Crippen LogP contribution >= 0.6 is 11.6 Å². The Morgan fingerprint density at radius 2 is 2.00 bits per heavy atom. The van der Waals surface area contributed by atoms with E-state index in [1.54, 1.807) is 37.7 Å². The SMILES string of the molecule is COCCCNC(=O)c1cncc(Nc2ccc(Cl)cc2)c1. The Labute approximate surface area is 134 Å². The first-order valence-electron chi connectivity index (χ1n) is 6.94. The number of aromatic nitrogens is 1. The number of rotatable bonds is 7. The molecule has 0 aliphatic heterocycles. The molecular formula is C16H18ClN3O2. The Morgan fingerprint density at radius 1 is 1.23 bits per heavy atom. The number of carbonyl (C=O) groups excluding carboxylic acids is 1. The summed E-state index contributed by atoms with van der Waals surface area (Å²) in [6.07, 6.45) is 3.98. The molecule has 6 heteroatoms. The van der Waals surface area contributed by atoms with Gasteiger partial charge in [-0.25, -0.2) is 0 Å². The number of hydrogen-bond acceptors (Lipinski definition) is 4. The number of carbonyl (C=O) groups is 1. The second kappa shape index (κ2) is 8.36. The fourth-order valence-electron chi connectivity index (χ4n) is 1.85. The minimum Gasteiger partial charge on any atom is -0.385 e. The van der Waals surface area contributed by atoms with Crippen LogP contribution in [0.25, 0.3) is 0 Å². The van der Waals surface area contributed by atoms with Crippen LogP contribution in [0, 0.1) is 0 Å². The summed E-state index contributed by atoms with van der Waals surface area (Å²) in [5.41, 5.74) is 2.13. The molecule has 0 spiro atoms. The highest BCUT2D eigenvalue weighted by molar-refractivity contribution is 6.30. The van der Waals surface area contributed by atoms with Crippen molar-refractivity contribution >= 4 is 28.9 Å². The number of halogens is 1. The summed E-state index contributed by atoms with van der Waals surface area (Å²) in [4.78, 5) is 16.1. The van der Waals surface area contributed by atoms with Crippen molar-refractivity contribution in [3.05, 3.63) is 53.3 Å². The maximum Gasteiger partial charge on any atom is 0.252 e. The van der Waals surface area contributed by atoms with Crippen LogP contribution in [0.2, 0.25) is 5.02 Å². The van der Waals surface area contributed by atoms with Gasteiger partial charge in [-0.2, -0.15) is 0 Å². The highest BCUT2D eigenvalue weighted by Gasteiger charge is 2.06. The largest absolute Gasteiger partial charge is 0.385 e. The van der Waals surface area contributed by atoms with Gasteiger partial charge in [0.15, 0.2) is 0 Å². The van der Waals surface area contributed by atoms with Crippen molar-refractivity contribution < 1.29 is 9.53 Å². The van der Waals surface area contributed by atoms with Gasteiger partial charge < -0.3 is 15.4 Å². The number of benzene rings is 1. The predicted molar refractivity (Wildman–Crippen MR) is 87.8 cm³/mol. The molecule has 0 aliphatic carbocycles. The highest BCUT2D eigenvalue weighted by atomic mass is 35.5. The van der Waals surface area contributed by atoms with Crippen molar-refractivity contribution in [2.24, 2.45) is 0 Å². The number of ether oxygens (including phenoxy) is 1. The molecule has 2 aromatic rings. The maximum atomic E-state index is 12.0. The normalized spacial score (nSPS) is 10.3. The smallest absolute Gasteiger partial charge is 0.252 e. The molecular weight excluding hydrogens is 302 g/mol. The van der Waals surface area contributed by atoms with E-state index >= 15 is 0 Å². The third kappa shape index (κ3) is 5.02. The van der Waals surface area contributed by atoms with Crippen LogP contribution in [0.15, 0.2) is 42.7 Å². The summed E-state index contributed by atoms with van der Waals surface area (Å²) < 4.78 is 4.94. The molecule has 116 valence electrons. The van der Waals surface area contributed by atoms with Gasteiger partial charge >= 0.3 is 0 Å². The molecule has 0 atom stereocenters. The zero-order valence-corrected chi connectivity index (χ0v) is 13.1. The van der Waals surface area contributed by atoms with Crippen molar-refractivity contribution in [3.63, 3.8) is 0 Å². The van der Waals surface area contributed by atoms with E-state index < -0.39 is 0 Å². The third-order valence-electron chi connectivity index (χ3n) is 2.94. The van der Waals surface area contributed by atoms with Crippen molar-refractivity contribution in [1.29, 1.82) is 0 Å². The molecule has 2 rings (SSSR count). The van der Waals surface area contributed by atoms with E-state index in [1.165, 1.54) is 0 Å². The minimum atomic E-state index is -0.150. The number of anilines is 2. The van der Waals surface area contributed by atoms with Gasteiger partial charge in [-0.05, 0) is 36.8 Å². The number of nitrogens with one attached hydrogen (secondary N) is 2. The van der Waals surface area contributed by atoms with Crippen LogP contribution < -0.4 is 10.6 Å². The Morgan fingerprint density at radius 3 is 2.73 bits per heavy atom. The first kappa shape index (κ1) is 16.3. The van der Waals surface area contributed by atoms with Crippen LogP contribution in [-0.4, -0.2) is 31.2 Å². The summed E-state index contributed by atoms with van der Waals surface area (Å²) in [5, 5.41) is 6.68. The fraction of sp³-hybridized carbons (Fsp3) is 0.250. The van der Waals surface area contributed by atoms with Gasteiger partial charge in [-0.15, -0.1) is 0 Å². The van der Waals surface area contributed by atoms with Crippen molar-refractivity contribution in [1.82, 2.24) is 10.3 Å². The first-order valence-corrected chi connectivity index (χ1v) is 7.31. The molecule has 0 radical (unpaired) electrons. The summed E-state index contributed by atoms with van der Waals surface area (Å²) in [6, 6.07) is 9.07. The van der Waals surface area contributed by atoms with Gasteiger partial charge in [0.25, 0.3) is 5.91 Å². The van der Waals surface area contributed by atoms with Gasteiger partial charge in [0, 0.05) is 37.2 Å². The molecule has 0 aliphatic rings. The van der Waals surface area contributed by atoms with E-state index in [0.717, 1.165) is 17.8 Å². The van der Waals surface area contributed by atoms with Crippen molar-refractivity contribution in [2.45, 2.75) is 6.42 Å². The molecule has 1 heterocycles. The number of methoxy groups -OCH3 is 1. The second-order valence-corrected chi connectivity index (χ2v) is 5.13. The monoisotopic (exact) mass is 319 g/mol. The first-order chi connectivity index (χ1) is 10.7. The van der Waals surface area contributed by atoms with E-state index in [0.29, 0.717) is 23.7 Å². The number of hydrogen-bond donors (Lipinski definition) is 2. The summed E-state index contributed by atoms with van der Waals surface area (Å²) in [6.45, 7) is 1.19. The van der Waals surface area contributed by atoms with E-state index in [-0.39, 0.29) is 5.91 Å².